The molecule has 3 rings (SSSR count). The monoisotopic (exact) mass is 362 g/mol. The number of benzene rings is 1. The van der Waals surface area contributed by atoms with Crippen LogP contribution in [0.15, 0.2) is 50.8 Å². The molecule has 0 radical (unpaired) electrons. The van der Waals surface area contributed by atoms with Crippen LogP contribution in [0.5, 0.6) is 0 Å². The van der Waals surface area contributed by atoms with Gasteiger partial charge in [-0.1, -0.05) is 0 Å². The summed E-state index contributed by atoms with van der Waals surface area (Å²) in [5.74, 6) is -0.533. The lowest BCUT2D eigenvalue weighted by molar-refractivity contribution is 0.527. The van der Waals surface area contributed by atoms with Gasteiger partial charge in [0.15, 0.2) is 5.58 Å². The van der Waals surface area contributed by atoms with Crippen molar-refractivity contribution in [1.29, 1.82) is 0 Å². The highest BCUT2D eigenvalue weighted by molar-refractivity contribution is 7.89. The number of anilines is 1. The largest absolute Gasteiger partial charge is 0.419 e. The summed E-state index contributed by atoms with van der Waals surface area (Å²) in [5.41, 5.74) is 2.66. The van der Waals surface area contributed by atoms with E-state index in [2.05, 4.69) is 15.0 Å². The summed E-state index contributed by atoms with van der Waals surface area (Å²) >= 11 is 0. The van der Waals surface area contributed by atoms with E-state index in [-0.39, 0.29) is 17.0 Å². The van der Waals surface area contributed by atoms with E-state index in [0.717, 1.165) is 11.3 Å². The second-order valence-electron chi connectivity index (χ2n) is 5.57. The molecule has 2 N–H and O–H groups in total. The lowest BCUT2D eigenvalue weighted by Gasteiger charge is -2.10. The maximum atomic E-state index is 12.4. The zero-order chi connectivity index (χ0) is 18.0. The minimum absolute atomic E-state index is 0.0504. The molecular weight excluding hydrogens is 344 g/mol. The fourth-order valence-corrected chi connectivity index (χ4v) is 3.47. The zero-order valence-electron chi connectivity index (χ0n) is 13.8. The summed E-state index contributed by atoms with van der Waals surface area (Å²) in [6, 6.07) is 6.17. The van der Waals surface area contributed by atoms with Crippen LogP contribution in [0.4, 0.5) is 5.69 Å². The molecule has 0 bridgehead atoms. The molecule has 0 aliphatic carbocycles. The third kappa shape index (κ3) is 3.57. The molecule has 25 heavy (non-hydrogen) atoms. The van der Waals surface area contributed by atoms with Crippen LogP contribution >= 0.6 is 0 Å². The van der Waals surface area contributed by atoms with Gasteiger partial charge in [0.25, 0.3) is 0 Å². The maximum absolute atomic E-state index is 12.4. The molecule has 0 saturated carbocycles. The number of hydrogen-bond acceptors (Lipinski definition) is 6. The Kier molecular flexibility index (Phi) is 4.60. The Morgan fingerprint density at radius 3 is 2.80 bits per heavy atom. The number of oxazole rings is 1. The summed E-state index contributed by atoms with van der Waals surface area (Å²) in [7, 11) is -2.13. The van der Waals surface area contributed by atoms with Crippen LogP contribution in [0.25, 0.3) is 11.1 Å². The van der Waals surface area contributed by atoms with Crippen molar-refractivity contribution < 1.29 is 12.8 Å². The molecule has 9 heteroatoms. The van der Waals surface area contributed by atoms with Gasteiger partial charge in [-0.05, 0) is 30.7 Å². The first kappa shape index (κ1) is 17.2. The minimum Gasteiger partial charge on any atom is -0.408 e. The second kappa shape index (κ2) is 6.69. The Morgan fingerprint density at radius 2 is 2.04 bits per heavy atom. The molecule has 0 aliphatic rings. The molecule has 0 fully saturated rings. The SMILES string of the molecule is Cc1cnccc1NCCNS(=O)(=O)c1ccc2c(c1)oc(=O)n2C. The first-order valence-electron chi connectivity index (χ1n) is 7.62. The van der Waals surface area contributed by atoms with Crippen molar-refractivity contribution in [3.63, 3.8) is 0 Å². The number of fused-ring (bicyclic) bond motifs is 1. The van der Waals surface area contributed by atoms with Crippen LogP contribution in [0, 0.1) is 6.92 Å². The van der Waals surface area contributed by atoms with Crippen molar-refractivity contribution in [2.24, 2.45) is 7.05 Å². The zero-order valence-corrected chi connectivity index (χ0v) is 14.6. The fourth-order valence-electron chi connectivity index (χ4n) is 2.42. The highest BCUT2D eigenvalue weighted by atomic mass is 32.2. The third-order valence-corrected chi connectivity index (χ3v) is 5.29. The average Bonchev–Trinajstić information content (AvgIpc) is 2.87. The first-order chi connectivity index (χ1) is 11.9. The highest BCUT2D eigenvalue weighted by Crippen LogP contribution is 2.17. The Labute approximate surface area is 144 Å². The van der Waals surface area contributed by atoms with E-state index in [0.29, 0.717) is 12.1 Å². The second-order valence-corrected chi connectivity index (χ2v) is 7.34. The Hall–Kier alpha value is -2.65. The molecule has 0 aliphatic heterocycles. The standard InChI is InChI=1S/C16H18N4O4S/c1-11-10-17-6-5-13(11)18-7-8-19-25(22,23)12-3-4-14-15(9-12)24-16(21)20(14)2/h3-6,9-10,19H,7-8H2,1-2H3,(H,17,18). The summed E-state index contributed by atoms with van der Waals surface area (Å²) in [6.07, 6.45) is 3.40. The van der Waals surface area contributed by atoms with Crippen molar-refractivity contribution in [3.8, 4) is 0 Å². The number of sulfonamides is 1. The topological polar surface area (TPSA) is 106 Å². The first-order valence-corrected chi connectivity index (χ1v) is 9.10. The molecular formula is C16H18N4O4S. The van der Waals surface area contributed by atoms with E-state index in [1.807, 2.05) is 13.0 Å². The van der Waals surface area contributed by atoms with Crippen molar-refractivity contribution in [2.75, 3.05) is 18.4 Å². The van der Waals surface area contributed by atoms with Gasteiger partial charge in [0, 0.05) is 44.3 Å². The summed E-state index contributed by atoms with van der Waals surface area (Å²) < 4.78 is 33.6. The lowest BCUT2D eigenvalue weighted by Crippen LogP contribution is -2.29. The van der Waals surface area contributed by atoms with Crippen LogP contribution in [0.3, 0.4) is 0 Å². The number of aromatic nitrogens is 2. The molecule has 132 valence electrons. The van der Waals surface area contributed by atoms with Gasteiger partial charge >= 0.3 is 5.76 Å². The van der Waals surface area contributed by atoms with Crippen LogP contribution < -0.4 is 15.8 Å². The van der Waals surface area contributed by atoms with Gasteiger partial charge in [0.1, 0.15) is 0 Å². The Morgan fingerprint density at radius 1 is 1.24 bits per heavy atom. The predicted octanol–water partition coefficient (Wildman–Crippen LogP) is 1.23. The van der Waals surface area contributed by atoms with Crippen molar-refractivity contribution in [3.05, 3.63) is 52.8 Å². The van der Waals surface area contributed by atoms with Crippen LogP contribution in [0.1, 0.15) is 5.56 Å². The van der Waals surface area contributed by atoms with E-state index in [1.165, 1.54) is 16.7 Å². The Balaban J connectivity index is 1.67. The van der Waals surface area contributed by atoms with E-state index in [4.69, 9.17) is 4.42 Å². The molecule has 0 amide bonds. The lowest BCUT2D eigenvalue weighted by atomic mass is 10.2. The highest BCUT2D eigenvalue weighted by Gasteiger charge is 2.16. The van der Waals surface area contributed by atoms with E-state index < -0.39 is 15.8 Å². The minimum atomic E-state index is -3.69. The van der Waals surface area contributed by atoms with E-state index in [9.17, 15) is 13.2 Å². The van der Waals surface area contributed by atoms with E-state index in [1.54, 1.807) is 25.5 Å². The summed E-state index contributed by atoms with van der Waals surface area (Å²) in [6.45, 7) is 2.55. The third-order valence-electron chi connectivity index (χ3n) is 3.83. The molecule has 8 nitrogen and oxygen atoms in total. The van der Waals surface area contributed by atoms with Gasteiger partial charge in [-0.25, -0.2) is 17.9 Å². The number of pyridine rings is 1. The molecule has 3 aromatic rings. The molecule has 1 aromatic carbocycles. The number of aryl methyl sites for hydroxylation is 2. The van der Waals surface area contributed by atoms with Gasteiger partial charge in [-0.15, -0.1) is 0 Å². The molecule has 0 atom stereocenters. The number of hydrogen-bond donors (Lipinski definition) is 2. The van der Waals surface area contributed by atoms with Gasteiger partial charge in [-0.3, -0.25) is 9.55 Å². The van der Waals surface area contributed by atoms with Crippen LogP contribution in [-0.4, -0.2) is 31.1 Å². The number of nitrogens with one attached hydrogen (secondary N) is 2. The fraction of sp³-hybridized carbons (Fsp3) is 0.250. The van der Waals surface area contributed by atoms with Gasteiger partial charge in [0.05, 0.1) is 10.4 Å². The predicted molar refractivity (Wildman–Crippen MR) is 94.1 cm³/mol. The summed E-state index contributed by atoms with van der Waals surface area (Å²) in [4.78, 5) is 15.5. The summed E-state index contributed by atoms with van der Waals surface area (Å²) in [5, 5.41) is 3.15. The van der Waals surface area contributed by atoms with Gasteiger partial charge in [-0.2, -0.15) is 0 Å². The Bertz CT molecular complexity index is 1070. The molecule has 2 aromatic heterocycles. The smallest absolute Gasteiger partial charge is 0.408 e. The molecule has 0 spiro atoms. The number of nitrogens with zero attached hydrogens (tertiary/aromatic N) is 2. The molecule has 2 heterocycles. The number of rotatable bonds is 6. The normalized spacial score (nSPS) is 11.8. The van der Waals surface area contributed by atoms with Crippen molar-refractivity contribution in [1.82, 2.24) is 14.3 Å². The average molecular weight is 362 g/mol. The van der Waals surface area contributed by atoms with Crippen molar-refractivity contribution >= 4 is 26.8 Å². The molecule has 0 unspecified atom stereocenters. The van der Waals surface area contributed by atoms with Crippen LogP contribution in [0.2, 0.25) is 0 Å². The molecule has 0 saturated heterocycles. The quantitative estimate of drug-likeness (QED) is 0.639. The van der Waals surface area contributed by atoms with Crippen molar-refractivity contribution in [2.45, 2.75) is 11.8 Å². The van der Waals surface area contributed by atoms with Crippen LogP contribution in [-0.2, 0) is 17.1 Å². The maximum Gasteiger partial charge on any atom is 0.419 e. The van der Waals surface area contributed by atoms with E-state index >= 15 is 0 Å². The van der Waals surface area contributed by atoms with Gasteiger partial charge in [0.2, 0.25) is 10.0 Å². The van der Waals surface area contributed by atoms with Gasteiger partial charge < -0.3 is 9.73 Å².